The topological polar surface area (TPSA) is 20.2 Å². The van der Waals surface area contributed by atoms with E-state index < -0.39 is 0 Å². The lowest BCUT2D eigenvalue weighted by Crippen LogP contribution is -2.23. The molecule has 2 heteroatoms. The third-order valence-corrected chi connectivity index (χ3v) is 4.42. The Morgan fingerprint density at radius 3 is 1.90 bits per heavy atom. The van der Waals surface area contributed by atoms with Gasteiger partial charge < -0.3 is 5.11 Å². The largest absolute Gasteiger partial charge is 0.396 e. The molecule has 1 N–H and O–H groups in total. The van der Waals surface area contributed by atoms with Crippen molar-refractivity contribution >= 4 is 11.6 Å². The van der Waals surface area contributed by atoms with Gasteiger partial charge in [0.1, 0.15) is 0 Å². The van der Waals surface area contributed by atoms with E-state index in [1.807, 2.05) is 18.2 Å². The molecule has 0 radical (unpaired) electrons. The molecule has 1 nitrogen and oxygen atoms in total. The van der Waals surface area contributed by atoms with Crippen LogP contribution in [0, 0.1) is 5.41 Å². The summed E-state index contributed by atoms with van der Waals surface area (Å²) < 4.78 is 0. The fourth-order valence-corrected chi connectivity index (χ4v) is 2.60. The number of aliphatic hydroxyl groups is 1. The van der Waals surface area contributed by atoms with E-state index in [0.29, 0.717) is 0 Å². The second-order valence-electron chi connectivity index (χ2n) is 6.08. The second-order valence-corrected chi connectivity index (χ2v) is 6.52. The van der Waals surface area contributed by atoms with Crippen molar-refractivity contribution in [3.05, 3.63) is 70.7 Å². The van der Waals surface area contributed by atoms with E-state index in [4.69, 9.17) is 11.6 Å². The highest BCUT2D eigenvalue weighted by atomic mass is 35.5. The molecule has 0 spiro atoms. The summed E-state index contributed by atoms with van der Waals surface area (Å²) in [6.45, 7) is 2.40. The van der Waals surface area contributed by atoms with Crippen LogP contribution in [0.1, 0.15) is 30.9 Å². The molecule has 0 aromatic heterocycles. The Hall–Kier alpha value is -1.31. The van der Waals surface area contributed by atoms with Crippen LogP contribution in [0.3, 0.4) is 0 Å². The molecule has 1 atom stereocenters. The number of halogens is 1. The Morgan fingerprint density at radius 1 is 0.857 bits per heavy atom. The molecule has 0 fully saturated rings. The fraction of sp³-hybridized carbons (Fsp3) is 0.368. The molecule has 0 aliphatic rings. The highest BCUT2D eigenvalue weighted by Crippen LogP contribution is 2.29. The molecule has 0 aliphatic heterocycles. The zero-order valence-electron chi connectivity index (χ0n) is 12.6. The summed E-state index contributed by atoms with van der Waals surface area (Å²) in [6, 6.07) is 18.5. The average molecular weight is 303 g/mol. The van der Waals surface area contributed by atoms with Gasteiger partial charge in [-0.1, -0.05) is 61.0 Å². The first kappa shape index (κ1) is 16.1. The Kier molecular flexibility index (Phi) is 5.84. The average Bonchev–Trinajstić information content (AvgIpc) is 2.53. The Balaban J connectivity index is 1.89. The van der Waals surface area contributed by atoms with Crippen LogP contribution in [0.2, 0.25) is 5.02 Å². The van der Waals surface area contributed by atoms with Gasteiger partial charge in [-0.15, -0.1) is 0 Å². The minimum absolute atomic E-state index is 0.0323. The predicted molar refractivity (Wildman–Crippen MR) is 89.7 cm³/mol. The van der Waals surface area contributed by atoms with Gasteiger partial charge in [-0.3, -0.25) is 0 Å². The minimum atomic E-state index is -0.0323. The third kappa shape index (κ3) is 5.18. The molecule has 0 saturated carbocycles. The number of hydrogen-bond acceptors (Lipinski definition) is 1. The van der Waals surface area contributed by atoms with Gasteiger partial charge in [-0.2, -0.15) is 0 Å². The Labute approximate surface area is 132 Å². The maximum atomic E-state index is 9.76. The first-order chi connectivity index (χ1) is 10.1. The van der Waals surface area contributed by atoms with E-state index >= 15 is 0 Å². The van der Waals surface area contributed by atoms with Crippen LogP contribution in [0.25, 0.3) is 0 Å². The standard InChI is InChI=1S/C19H23ClO/c1-19(15-21,13-11-16-5-3-2-4-6-16)14-12-17-7-9-18(20)10-8-17/h2-10,21H,11-15H2,1H3. The van der Waals surface area contributed by atoms with Gasteiger partial charge in [0, 0.05) is 11.6 Å². The van der Waals surface area contributed by atoms with Gasteiger partial charge in [0.2, 0.25) is 0 Å². The van der Waals surface area contributed by atoms with Gasteiger partial charge in [-0.05, 0) is 54.4 Å². The lowest BCUT2D eigenvalue weighted by atomic mass is 9.80. The number of aryl methyl sites for hydroxylation is 2. The lowest BCUT2D eigenvalue weighted by Gasteiger charge is -2.27. The van der Waals surface area contributed by atoms with Crippen LogP contribution in [0.15, 0.2) is 54.6 Å². The molecule has 2 aromatic carbocycles. The Morgan fingerprint density at radius 2 is 1.38 bits per heavy atom. The molecule has 0 amide bonds. The monoisotopic (exact) mass is 302 g/mol. The predicted octanol–water partition coefficient (Wildman–Crippen LogP) is 4.90. The van der Waals surface area contributed by atoms with Crippen LogP contribution in [0.5, 0.6) is 0 Å². The summed E-state index contributed by atoms with van der Waals surface area (Å²) in [6.07, 6.45) is 3.97. The molecule has 21 heavy (non-hydrogen) atoms. The summed E-state index contributed by atoms with van der Waals surface area (Å²) in [5, 5.41) is 10.5. The van der Waals surface area contributed by atoms with Gasteiger partial charge >= 0.3 is 0 Å². The van der Waals surface area contributed by atoms with E-state index in [9.17, 15) is 5.11 Å². The molecule has 0 bridgehead atoms. The SMILES string of the molecule is CC(CO)(CCc1ccccc1)CCc1ccc(Cl)cc1. The van der Waals surface area contributed by atoms with E-state index in [2.05, 4.69) is 43.3 Å². The summed E-state index contributed by atoms with van der Waals surface area (Å²) in [7, 11) is 0. The number of aliphatic hydroxyl groups excluding tert-OH is 1. The van der Waals surface area contributed by atoms with Gasteiger partial charge in [-0.25, -0.2) is 0 Å². The van der Waals surface area contributed by atoms with Crippen molar-refractivity contribution in [3.63, 3.8) is 0 Å². The van der Waals surface area contributed by atoms with Crippen molar-refractivity contribution in [2.24, 2.45) is 5.41 Å². The van der Waals surface area contributed by atoms with Crippen LogP contribution < -0.4 is 0 Å². The summed E-state index contributed by atoms with van der Waals surface area (Å²) in [5.41, 5.74) is 2.58. The molecular weight excluding hydrogens is 280 g/mol. The second kappa shape index (κ2) is 7.63. The third-order valence-electron chi connectivity index (χ3n) is 4.17. The highest BCUT2D eigenvalue weighted by Gasteiger charge is 2.22. The van der Waals surface area contributed by atoms with Crippen molar-refractivity contribution < 1.29 is 5.11 Å². The number of hydrogen-bond donors (Lipinski definition) is 1. The molecular formula is C19H23ClO. The molecule has 1 unspecified atom stereocenters. The fourth-order valence-electron chi connectivity index (χ4n) is 2.47. The molecule has 0 saturated heterocycles. The van der Waals surface area contributed by atoms with Crippen LogP contribution in [-0.4, -0.2) is 11.7 Å². The maximum Gasteiger partial charge on any atom is 0.0485 e. The summed E-state index contributed by atoms with van der Waals surface area (Å²) in [5.74, 6) is 0. The van der Waals surface area contributed by atoms with E-state index in [1.54, 1.807) is 0 Å². The van der Waals surface area contributed by atoms with Gasteiger partial charge in [0.05, 0.1) is 0 Å². The highest BCUT2D eigenvalue weighted by molar-refractivity contribution is 6.30. The number of rotatable bonds is 7. The van der Waals surface area contributed by atoms with E-state index in [-0.39, 0.29) is 12.0 Å². The maximum absolute atomic E-state index is 9.76. The smallest absolute Gasteiger partial charge is 0.0485 e. The molecule has 0 aliphatic carbocycles. The van der Waals surface area contributed by atoms with Gasteiger partial charge in [0.25, 0.3) is 0 Å². The number of benzene rings is 2. The van der Waals surface area contributed by atoms with E-state index in [1.165, 1.54) is 11.1 Å². The van der Waals surface area contributed by atoms with Crippen molar-refractivity contribution in [1.29, 1.82) is 0 Å². The van der Waals surface area contributed by atoms with E-state index in [0.717, 1.165) is 30.7 Å². The quantitative estimate of drug-likeness (QED) is 0.771. The molecule has 2 aromatic rings. The Bertz CT molecular complexity index is 535. The first-order valence-corrected chi connectivity index (χ1v) is 7.88. The first-order valence-electron chi connectivity index (χ1n) is 7.51. The van der Waals surface area contributed by atoms with Crippen LogP contribution in [-0.2, 0) is 12.8 Å². The molecule has 0 heterocycles. The summed E-state index contributed by atoms with van der Waals surface area (Å²) in [4.78, 5) is 0. The minimum Gasteiger partial charge on any atom is -0.396 e. The van der Waals surface area contributed by atoms with Crippen LogP contribution in [0.4, 0.5) is 0 Å². The van der Waals surface area contributed by atoms with Crippen LogP contribution >= 0.6 is 11.6 Å². The lowest BCUT2D eigenvalue weighted by molar-refractivity contribution is 0.123. The summed E-state index contributed by atoms with van der Waals surface area (Å²) >= 11 is 5.91. The van der Waals surface area contributed by atoms with Crippen molar-refractivity contribution in [2.75, 3.05) is 6.61 Å². The molecule has 112 valence electrons. The van der Waals surface area contributed by atoms with Crippen molar-refractivity contribution in [3.8, 4) is 0 Å². The normalized spacial score (nSPS) is 13.9. The zero-order valence-corrected chi connectivity index (χ0v) is 13.3. The van der Waals surface area contributed by atoms with Crippen molar-refractivity contribution in [1.82, 2.24) is 0 Å². The van der Waals surface area contributed by atoms with Gasteiger partial charge in [0.15, 0.2) is 0 Å². The zero-order chi connectivity index (χ0) is 15.1. The molecule has 2 rings (SSSR count). The van der Waals surface area contributed by atoms with Crippen molar-refractivity contribution in [2.45, 2.75) is 32.6 Å².